The number of hydrogen-bond acceptors (Lipinski definition) is 4. The number of thiazole rings is 1. The molecule has 1 aliphatic rings. The van der Waals surface area contributed by atoms with E-state index in [2.05, 4.69) is 4.98 Å². The van der Waals surface area contributed by atoms with Crippen LogP contribution < -0.4 is 5.73 Å². The Balaban J connectivity index is 0.00000192. The Hall–Kier alpha value is -1.14. The van der Waals surface area contributed by atoms with Crippen LogP contribution in [0.15, 0.2) is 29.6 Å². The summed E-state index contributed by atoms with van der Waals surface area (Å²) < 4.78 is 0. The second-order valence-corrected chi connectivity index (χ2v) is 6.77. The minimum Gasteiger partial charge on any atom is -0.334 e. The smallest absolute Gasteiger partial charge is 0.273 e. The summed E-state index contributed by atoms with van der Waals surface area (Å²) in [7, 11) is 0. The molecule has 2 aromatic rings. The van der Waals surface area contributed by atoms with E-state index < -0.39 is 0 Å². The van der Waals surface area contributed by atoms with Gasteiger partial charge in [-0.1, -0.05) is 29.8 Å². The van der Waals surface area contributed by atoms with Gasteiger partial charge in [-0.2, -0.15) is 0 Å². The molecule has 3 rings (SSSR count). The lowest BCUT2D eigenvalue weighted by atomic mass is 10.0. The van der Waals surface area contributed by atoms with Crippen LogP contribution in [0.2, 0.25) is 5.02 Å². The Bertz CT molecular complexity index is 677. The van der Waals surface area contributed by atoms with E-state index in [1.54, 1.807) is 5.38 Å². The molecular weight excluding hydrogens is 353 g/mol. The number of carbonyl (C=O) groups is 1. The lowest BCUT2D eigenvalue weighted by Crippen LogP contribution is -2.37. The molecule has 124 valence electrons. The van der Waals surface area contributed by atoms with Crippen molar-refractivity contribution in [2.75, 3.05) is 6.54 Å². The Morgan fingerprint density at radius 3 is 2.91 bits per heavy atom. The maximum absolute atomic E-state index is 12.7. The maximum Gasteiger partial charge on any atom is 0.273 e. The van der Waals surface area contributed by atoms with Crippen molar-refractivity contribution in [3.8, 4) is 0 Å². The Labute approximate surface area is 151 Å². The highest BCUT2D eigenvalue weighted by Crippen LogP contribution is 2.26. The standard InChI is InChI=1S/C16H18ClN3OS.ClH/c17-13-6-2-1-4-11(13)8-12-5-3-7-20(12)16(21)14-10-22-15(9-18)19-14;/h1-2,4,6,10,12H,3,5,7-9,18H2;1H. The second-order valence-electron chi connectivity index (χ2n) is 5.42. The lowest BCUT2D eigenvalue weighted by molar-refractivity contribution is 0.0731. The Kier molecular flexibility index (Phi) is 6.41. The minimum absolute atomic E-state index is 0. The minimum atomic E-state index is 0. The van der Waals surface area contributed by atoms with Crippen molar-refractivity contribution < 1.29 is 4.79 Å². The van der Waals surface area contributed by atoms with Gasteiger partial charge in [0.05, 0.1) is 0 Å². The number of aromatic nitrogens is 1. The van der Waals surface area contributed by atoms with Crippen LogP contribution in [0, 0.1) is 0 Å². The number of halogens is 2. The predicted octanol–water partition coefficient (Wildman–Crippen LogP) is 3.52. The predicted molar refractivity (Wildman–Crippen MR) is 96.5 cm³/mol. The largest absolute Gasteiger partial charge is 0.334 e. The van der Waals surface area contributed by atoms with Gasteiger partial charge < -0.3 is 10.6 Å². The third kappa shape index (κ3) is 4.04. The van der Waals surface area contributed by atoms with Crippen LogP contribution in [0.1, 0.15) is 33.9 Å². The quantitative estimate of drug-likeness (QED) is 0.893. The number of hydrogen-bond donors (Lipinski definition) is 1. The highest BCUT2D eigenvalue weighted by molar-refractivity contribution is 7.09. The fraction of sp³-hybridized carbons (Fsp3) is 0.375. The van der Waals surface area contributed by atoms with Gasteiger partial charge in [-0.3, -0.25) is 4.79 Å². The maximum atomic E-state index is 12.7. The number of likely N-dealkylation sites (tertiary alicyclic amines) is 1. The third-order valence-electron chi connectivity index (χ3n) is 4.00. The monoisotopic (exact) mass is 371 g/mol. The van der Waals surface area contributed by atoms with E-state index in [9.17, 15) is 4.79 Å². The fourth-order valence-corrected chi connectivity index (χ4v) is 3.74. The molecule has 1 unspecified atom stereocenters. The van der Waals surface area contributed by atoms with Gasteiger partial charge >= 0.3 is 0 Å². The Morgan fingerprint density at radius 1 is 1.43 bits per heavy atom. The summed E-state index contributed by atoms with van der Waals surface area (Å²) in [5.74, 6) is 0.00510. The summed E-state index contributed by atoms with van der Waals surface area (Å²) in [4.78, 5) is 18.9. The van der Waals surface area contributed by atoms with E-state index in [0.29, 0.717) is 12.2 Å². The van der Waals surface area contributed by atoms with Gasteiger partial charge in [0, 0.05) is 29.5 Å². The first-order valence-corrected chi connectivity index (χ1v) is 8.63. The number of carbonyl (C=O) groups excluding carboxylic acids is 1. The zero-order valence-corrected chi connectivity index (χ0v) is 15.0. The van der Waals surface area contributed by atoms with Crippen molar-refractivity contribution >= 4 is 41.3 Å². The fourth-order valence-electron chi connectivity index (χ4n) is 2.88. The van der Waals surface area contributed by atoms with E-state index in [0.717, 1.165) is 41.4 Å². The molecule has 0 saturated carbocycles. The van der Waals surface area contributed by atoms with Crippen LogP contribution in [0.25, 0.3) is 0 Å². The average Bonchev–Trinajstić information content (AvgIpc) is 3.18. The molecule has 1 aliphatic heterocycles. The first kappa shape index (κ1) is 18.2. The third-order valence-corrected chi connectivity index (χ3v) is 5.24. The Morgan fingerprint density at radius 2 is 2.22 bits per heavy atom. The van der Waals surface area contributed by atoms with E-state index in [4.69, 9.17) is 17.3 Å². The summed E-state index contributed by atoms with van der Waals surface area (Å²) in [6.45, 7) is 1.16. The van der Waals surface area contributed by atoms with Crippen LogP contribution in [-0.4, -0.2) is 28.4 Å². The first-order chi connectivity index (χ1) is 10.7. The van der Waals surface area contributed by atoms with E-state index >= 15 is 0 Å². The van der Waals surface area contributed by atoms with Crippen LogP contribution >= 0.6 is 35.3 Å². The molecule has 0 spiro atoms. The molecule has 1 atom stereocenters. The number of amides is 1. The number of rotatable bonds is 4. The van der Waals surface area contributed by atoms with E-state index in [-0.39, 0.29) is 24.4 Å². The van der Waals surface area contributed by atoms with Crippen molar-refractivity contribution in [1.29, 1.82) is 0 Å². The molecule has 7 heteroatoms. The molecule has 0 radical (unpaired) electrons. The van der Waals surface area contributed by atoms with Crippen LogP contribution in [0.5, 0.6) is 0 Å². The molecule has 0 bridgehead atoms. The summed E-state index contributed by atoms with van der Waals surface area (Å²) in [6, 6.07) is 8.02. The van der Waals surface area contributed by atoms with Gasteiger partial charge in [-0.25, -0.2) is 4.98 Å². The van der Waals surface area contributed by atoms with Gasteiger partial charge in [0.15, 0.2) is 0 Å². The molecule has 1 saturated heterocycles. The van der Waals surface area contributed by atoms with Gasteiger partial charge in [-0.15, -0.1) is 23.7 Å². The van der Waals surface area contributed by atoms with Gasteiger partial charge in [0.25, 0.3) is 5.91 Å². The van der Waals surface area contributed by atoms with Crippen molar-refractivity contribution in [2.24, 2.45) is 5.73 Å². The highest BCUT2D eigenvalue weighted by atomic mass is 35.5. The molecule has 1 aromatic carbocycles. The zero-order chi connectivity index (χ0) is 15.5. The summed E-state index contributed by atoms with van der Waals surface area (Å²) in [6.07, 6.45) is 2.82. The van der Waals surface area contributed by atoms with Crippen LogP contribution in [0.3, 0.4) is 0 Å². The van der Waals surface area contributed by atoms with E-state index in [1.807, 2.05) is 29.2 Å². The zero-order valence-electron chi connectivity index (χ0n) is 12.6. The van der Waals surface area contributed by atoms with Crippen LogP contribution in [0.4, 0.5) is 0 Å². The summed E-state index contributed by atoms with van der Waals surface area (Å²) >= 11 is 7.68. The molecule has 2 heterocycles. The van der Waals surface area contributed by atoms with Crippen molar-refractivity contribution in [3.63, 3.8) is 0 Å². The number of benzene rings is 1. The topological polar surface area (TPSA) is 59.2 Å². The van der Waals surface area contributed by atoms with Crippen molar-refractivity contribution in [3.05, 3.63) is 50.9 Å². The average molecular weight is 372 g/mol. The molecule has 1 amide bonds. The summed E-state index contributed by atoms with van der Waals surface area (Å²) in [5, 5.41) is 3.36. The van der Waals surface area contributed by atoms with Crippen molar-refractivity contribution in [1.82, 2.24) is 9.88 Å². The summed E-state index contributed by atoms with van der Waals surface area (Å²) in [5.41, 5.74) is 7.17. The van der Waals surface area contributed by atoms with Gasteiger partial charge in [0.1, 0.15) is 10.7 Å². The molecule has 0 aliphatic carbocycles. The normalized spacial score (nSPS) is 17.1. The van der Waals surface area contributed by atoms with Gasteiger partial charge in [0.2, 0.25) is 0 Å². The van der Waals surface area contributed by atoms with Crippen LogP contribution in [-0.2, 0) is 13.0 Å². The van der Waals surface area contributed by atoms with Crippen molar-refractivity contribution in [2.45, 2.75) is 31.8 Å². The molecule has 2 N–H and O–H groups in total. The second kappa shape index (κ2) is 8.11. The number of nitrogens with two attached hydrogens (primary N) is 1. The SMILES string of the molecule is Cl.NCc1nc(C(=O)N2CCCC2Cc2ccccc2Cl)cs1. The number of nitrogens with zero attached hydrogens (tertiary/aromatic N) is 2. The molecule has 1 aromatic heterocycles. The molecule has 4 nitrogen and oxygen atoms in total. The van der Waals surface area contributed by atoms with Gasteiger partial charge in [-0.05, 0) is 30.9 Å². The first-order valence-electron chi connectivity index (χ1n) is 7.38. The molecule has 1 fully saturated rings. The lowest BCUT2D eigenvalue weighted by Gasteiger charge is -2.24. The molecular formula is C16H19Cl2N3OS. The molecule has 23 heavy (non-hydrogen) atoms. The van der Waals surface area contributed by atoms with E-state index in [1.165, 1.54) is 11.3 Å². The highest BCUT2D eigenvalue weighted by Gasteiger charge is 2.30.